The first-order valence-electron chi connectivity index (χ1n) is 8.85. The predicted octanol–water partition coefficient (Wildman–Crippen LogP) is 6.83. The Morgan fingerprint density at radius 3 is 2.26 bits per heavy atom. The molecule has 0 heterocycles. The fraction of sp³-hybridized carbons (Fsp3) is 0.667. The molecule has 0 aliphatic heterocycles. The van der Waals surface area contributed by atoms with Crippen LogP contribution in [0.3, 0.4) is 0 Å². The second-order valence-corrected chi connectivity index (χ2v) is 10.5. The van der Waals surface area contributed by atoms with Gasteiger partial charge in [-0.3, -0.25) is 0 Å². The Hall–Kier alpha value is -0.393. The van der Waals surface area contributed by atoms with Crippen LogP contribution in [0.15, 0.2) is 22.7 Å². The summed E-state index contributed by atoms with van der Waals surface area (Å²) in [5.74, 6) is 0.419. The van der Waals surface area contributed by atoms with Crippen LogP contribution in [0.25, 0.3) is 0 Å². The summed E-state index contributed by atoms with van der Waals surface area (Å²) in [7, 11) is -2.26. The molecule has 0 saturated carbocycles. The minimum atomic E-state index is -2.26. The van der Waals surface area contributed by atoms with Crippen molar-refractivity contribution in [3.05, 3.63) is 28.5 Å². The monoisotopic (exact) mass is 404 g/mol. The lowest BCUT2D eigenvalue weighted by Gasteiger charge is -2.30. The standard InChI is InChI=1S/C18H30BrFO2Si/c1-4-7-8-9-10-11-14-21-23(5-2,6-3)22-18-13-12-16(20)15-17(18)19/h12-13,15H,4-11,14H2,1-3H3. The van der Waals surface area contributed by atoms with Gasteiger partial charge in [0.1, 0.15) is 11.6 Å². The Kier molecular flexibility index (Phi) is 10.1. The molecule has 0 aliphatic rings. The van der Waals surface area contributed by atoms with Crippen LogP contribution < -0.4 is 4.43 Å². The topological polar surface area (TPSA) is 18.5 Å². The van der Waals surface area contributed by atoms with Gasteiger partial charge >= 0.3 is 8.56 Å². The van der Waals surface area contributed by atoms with Gasteiger partial charge in [0.05, 0.1) is 4.47 Å². The van der Waals surface area contributed by atoms with E-state index in [0.29, 0.717) is 10.2 Å². The van der Waals surface area contributed by atoms with Crippen molar-refractivity contribution in [1.82, 2.24) is 0 Å². The third-order valence-electron chi connectivity index (χ3n) is 4.13. The van der Waals surface area contributed by atoms with Gasteiger partial charge in [-0.1, -0.05) is 52.9 Å². The fourth-order valence-corrected chi connectivity index (χ4v) is 5.46. The molecule has 0 amide bonds. The van der Waals surface area contributed by atoms with Crippen molar-refractivity contribution in [2.24, 2.45) is 0 Å². The normalized spacial score (nSPS) is 11.7. The molecule has 0 aliphatic carbocycles. The van der Waals surface area contributed by atoms with E-state index >= 15 is 0 Å². The molecule has 0 spiro atoms. The Morgan fingerprint density at radius 2 is 1.65 bits per heavy atom. The third kappa shape index (κ3) is 7.35. The zero-order chi connectivity index (χ0) is 17.1. The van der Waals surface area contributed by atoms with E-state index in [4.69, 9.17) is 8.85 Å². The largest absolute Gasteiger partial charge is 0.519 e. The van der Waals surface area contributed by atoms with E-state index in [1.165, 1.54) is 44.2 Å². The van der Waals surface area contributed by atoms with Crippen LogP contribution in [0.2, 0.25) is 12.1 Å². The summed E-state index contributed by atoms with van der Waals surface area (Å²) >= 11 is 3.38. The van der Waals surface area contributed by atoms with Crippen molar-refractivity contribution in [2.75, 3.05) is 6.61 Å². The maximum absolute atomic E-state index is 13.2. The van der Waals surface area contributed by atoms with E-state index in [-0.39, 0.29) is 5.82 Å². The van der Waals surface area contributed by atoms with Crippen LogP contribution in [-0.2, 0) is 4.43 Å². The van der Waals surface area contributed by atoms with E-state index in [2.05, 4.69) is 36.7 Å². The van der Waals surface area contributed by atoms with Gasteiger partial charge in [0.25, 0.3) is 0 Å². The summed E-state index contributed by atoms with van der Waals surface area (Å²) in [6.07, 6.45) is 7.52. The van der Waals surface area contributed by atoms with E-state index in [0.717, 1.165) is 25.1 Å². The van der Waals surface area contributed by atoms with E-state index in [9.17, 15) is 4.39 Å². The highest BCUT2D eigenvalue weighted by atomic mass is 79.9. The quantitative estimate of drug-likeness (QED) is 0.280. The van der Waals surface area contributed by atoms with Crippen molar-refractivity contribution in [1.29, 1.82) is 0 Å². The Morgan fingerprint density at radius 1 is 1.00 bits per heavy atom. The van der Waals surface area contributed by atoms with Crippen LogP contribution in [-0.4, -0.2) is 15.2 Å². The van der Waals surface area contributed by atoms with Crippen molar-refractivity contribution in [3.8, 4) is 5.75 Å². The molecule has 1 aromatic carbocycles. The van der Waals surface area contributed by atoms with Crippen molar-refractivity contribution in [3.63, 3.8) is 0 Å². The molecule has 0 N–H and O–H groups in total. The Balaban J connectivity index is 2.51. The number of hydrogen-bond acceptors (Lipinski definition) is 2. The second-order valence-electron chi connectivity index (χ2n) is 5.91. The van der Waals surface area contributed by atoms with E-state index < -0.39 is 8.56 Å². The molecule has 23 heavy (non-hydrogen) atoms. The van der Waals surface area contributed by atoms with Crippen molar-refractivity contribution in [2.45, 2.75) is 71.4 Å². The highest BCUT2D eigenvalue weighted by Gasteiger charge is 2.36. The van der Waals surface area contributed by atoms with Crippen LogP contribution in [0.1, 0.15) is 59.3 Å². The molecular formula is C18H30BrFO2Si. The van der Waals surface area contributed by atoms with Crippen LogP contribution in [0.4, 0.5) is 4.39 Å². The smallest absolute Gasteiger partial charge is 0.398 e. The molecule has 0 radical (unpaired) electrons. The van der Waals surface area contributed by atoms with Gasteiger partial charge in [-0.15, -0.1) is 0 Å². The molecule has 5 heteroatoms. The van der Waals surface area contributed by atoms with Crippen LogP contribution in [0, 0.1) is 5.82 Å². The Labute approximate surface area is 150 Å². The van der Waals surface area contributed by atoms with Crippen LogP contribution in [0.5, 0.6) is 5.75 Å². The fourth-order valence-electron chi connectivity index (χ4n) is 2.53. The van der Waals surface area contributed by atoms with Gasteiger partial charge in [0.2, 0.25) is 0 Å². The molecule has 0 aromatic heterocycles. The number of halogens is 2. The molecule has 0 bridgehead atoms. The Bertz CT molecular complexity index is 453. The molecule has 1 rings (SSSR count). The first-order chi connectivity index (χ1) is 11.1. The minimum absolute atomic E-state index is 0.266. The van der Waals surface area contributed by atoms with Gasteiger partial charge in [-0.05, 0) is 52.6 Å². The molecule has 0 atom stereocenters. The first-order valence-corrected chi connectivity index (χ1v) is 11.9. The molecule has 0 saturated heterocycles. The zero-order valence-electron chi connectivity index (χ0n) is 14.7. The summed E-state index contributed by atoms with van der Waals surface area (Å²) in [6, 6.07) is 6.33. The summed E-state index contributed by atoms with van der Waals surface area (Å²) in [6.45, 7) is 7.23. The van der Waals surface area contributed by atoms with Gasteiger partial charge < -0.3 is 8.85 Å². The lowest BCUT2D eigenvalue weighted by atomic mass is 10.1. The highest BCUT2D eigenvalue weighted by Crippen LogP contribution is 2.30. The lowest BCUT2D eigenvalue weighted by molar-refractivity contribution is 0.230. The van der Waals surface area contributed by atoms with E-state index in [1.807, 2.05) is 0 Å². The molecule has 1 aromatic rings. The molecule has 2 nitrogen and oxygen atoms in total. The summed E-state index contributed by atoms with van der Waals surface area (Å²) in [5, 5.41) is 0. The van der Waals surface area contributed by atoms with E-state index in [1.54, 1.807) is 6.07 Å². The molecule has 132 valence electrons. The summed E-state index contributed by atoms with van der Waals surface area (Å²) in [5.41, 5.74) is 0. The second kappa shape index (κ2) is 11.2. The maximum atomic E-state index is 13.2. The number of rotatable bonds is 12. The van der Waals surface area contributed by atoms with Crippen molar-refractivity contribution < 1.29 is 13.2 Å². The average molecular weight is 405 g/mol. The van der Waals surface area contributed by atoms with Crippen LogP contribution >= 0.6 is 15.9 Å². The highest BCUT2D eigenvalue weighted by molar-refractivity contribution is 9.10. The zero-order valence-corrected chi connectivity index (χ0v) is 17.3. The van der Waals surface area contributed by atoms with Gasteiger partial charge in [0, 0.05) is 6.61 Å². The number of benzene rings is 1. The van der Waals surface area contributed by atoms with Crippen molar-refractivity contribution >= 4 is 24.5 Å². The molecule has 0 unspecified atom stereocenters. The predicted molar refractivity (Wildman–Crippen MR) is 101 cm³/mol. The van der Waals surface area contributed by atoms with Gasteiger partial charge in [-0.2, -0.15) is 0 Å². The molecule has 0 fully saturated rings. The first kappa shape index (κ1) is 20.7. The lowest BCUT2D eigenvalue weighted by Crippen LogP contribution is -2.44. The summed E-state index contributed by atoms with van der Waals surface area (Å²) < 4.78 is 26.3. The average Bonchev–Trinajstić information content (AvgIpc) is 2.55. The number of unbranched alkanes of at least 4 members (excludes halogenated alkanes) is 5. The maximum Gasteiger partial charge on any atom is 0.398 e. The summed E-state index contributed by atoms with van der Waals surface area (Å²) in [4.78, 5) is 0. The minimum Gasteiger partial charge on any atom is -0.519 e. The third-order valence-corrected chi connectivity index (χ3v) is 8.23. The van der Waals surface area contributed by atoms with Gasteiger partial charge in [0.15, 0.2) is 0 Å². The number of hydrogen-bond donors (Lipinski definition) is 0. The molecular weight excluding hydrogens is 375 g/mol. The van der Waals surface area contributed by atoms with Gasteiger partial charge in [-0.25, -0.2) is 4.39 Å². The SMILES string of the molecule is CCCCCCCCO[Si](CC)(CC)Oc1ccc(F)cc1Br.